The molecule has 1 saturated heterocycles. The first-order valence-electron chi connectivity index (χ1n) is 11.2. The third-order valence-corrected chi connectivity index (χ3v) is 7.89. The number of amides is 1. The van der Waals surface area contributed by atoms with Gasteiger partial charge in [-0.3, -0.25) is 4.79 Å². The Morgan fingerprint density at radius 1 is 1.15 bits per heavy atom. The van der Waals surface area contributed by atoms with E-state index in [9.17, 15) is 13.2 Å². The lowest BCUT2D eigenvalue weighted by Crippen LogP contribution is -2.30. The number of nitrogens with one attached hydrogen (secondary N) is 1. The fraction of sp³-hybridized carbons (Fsp3) is 0.458. The summed E-state index contributed by atoms with van der Waals surface area (Å²) in [5, 5.41) is 4.16. The average molecular weight is 530 g/mol. The average Bonchev–Trinajstić information content (AvgIpc) is 3.07. The molecule has 2 rings (SSSR count). The SMILES string of the molecule is CN(C)C1CCCN(c2ccc(NC(=O)CCN(C)S(=O)(=O)/C=C/C=C\C(Cl)=C\Cl)cc2)CC1. The van der Waals surface area contributed by atoms with Crippen LogP contribution in [-0.4, -0.2) is 70.3 Å². The molecule has 1 atom stereocenters. The fourth-order valence-electron chi connectivity index (χ4n) is 3.65. The van der Waals surface area contributed by atoms with Gasteiger partial charge < -0.3 is 15.1 Å². The summed E-state index contributed by atoms with van der Waals surface area (Å²) in [7, 11) is 2.06. The van der Waals surface area contributed by atoms with E-state index in [2.05, 4.69) is 29.2 Å². The summed E-state index contributed by atoms with van der Waals surface area (Å²) < 4.78 is 25.7. The van der Waals surface area contributed by atoms with Crippen LogP contribution in [0.25, 0.3) is 0 Å². The summed E-state index contributed by atoms with van der Waals surface area (Å²) in [6, 6.07) is 8.43. The first-order valence-corrected chi connectivity index (χ1v) is 13.5. The highest BCUT2D eigenvalue weighted by Crippen LogP contribution is 2.23. The van der Waals surface area contributed by atoms with Crippen molar-refractivity contribution in [1.82, 2.24) is 9.21 Å². The van der Waals surface area contributed by atoms with Gasteiger partial charge in [0.15, 0.2) is 0 Å². The number of allylic oxidation sites excluding steroid dienone is 4. The van der Waals surface area contributed by atoms with Crippen LogP contribution < -0.4 is 10.2 Å². The minimum Gasteiger partial charge on any atom is -0.371 e. The monoisotopic (exact) mass is 528 g/mol. The Hall–Kier alpha value is -1.84. The van der Waals surface area contributed by atoms with Crippen LogP contribution in [0, 0.1) is 0 Å². The zero-order valence-electron chi connectivity index (χ0n) is 20.0. The fourth-order valence-corrected chi connectivity index (χ4v) is 4.64. The van der Waals surface area contributed by atoms with Crippen molar-refractivity contribution in [3.8, 4) is 0 Å². The van der Waals surface area contributed by atoms with Gasteiger partial charge >= 0.3 is 0 Å². The van der Waals surface area contributed by atoms with E-state index in [-0.39, 0.29) is 23.9 Å². The van der Waals surface area contributed by atoms with Gasteiger partial charge in [-0.2, -0.15) is 0 Å². The largest absolute Gasteiger partial charge is 0.371 e. The lowest BCUT2D eigenvalue weighted by Gasteiger charge is -2.25. The summed E-state index contributed by atoms with van der Waals surface area (Å²) in [5.41, 5.74) is 3.01. The molecule has 0 aromatic heterocycles. The highest BCUT2D eigenvalue weighted by Gasteiger charge is 2.19. The van der Waals surface area contributed by atoms with Crippen molar-refractivity contribution in [2.24, 2.45) is 0 Å². The predicted molar refractivity (Wildman–Crippen MR) is 143 cm³/mol. The van der Waals surface area contributed by atoms with E-state index in [1.807, 2.05) is 24.3 Å². The number of anilines is 2. The van der Waals surface area contributed by atoms with Gasteiger partial charge in [0.2, 0.25) is 15.9 Å². The summed E-state index contributed by atoms with van der Waals surface area (Å²) in [5.74, 6) is -0.249. The smallest absolute Gasteiger partial charge is 0.235 e. The number of nitrogens with zero attached hydrogens (tertiary/aromatic N) is 3. The molecule has 1 amide bonds. The molecule has 1 aromatic rings. The van der Waals surface area contributed by atoms with Crippen LogP contribution in [0.1, 0.15) is 25.7 Å². The minimum absolute atomic E-state index is 0.0417. The van der Waals surface area contributed by atoms with E-state index in [0.717, 1.165) is 41.3 Å². The van der Waals surface area contributed by atoms with Crippen molar-refractivity contribution in [1.29, 1.82) is 0 Å². The van der Waals surface area contributed by atoms with Crippen LogP contribution in [0.15, 0.2) is 58.5 Å². The molecule has 0 spiro atoms. The molecule has 34 heavy (non-hydrogen) atoms. The van der Waals surface area contributed by atoms with E-state index in [1.165, 1.54) is 37.2 Å². The first-order chi connectivity index (χ1) is 16.1. The van der Waals surface area contributed by atoms with Crippen LogP contribution in [0.5, 0.6) is 0 Å². The molecular formula is C24H34Cl2N4O3S. The van der Waals surface area contributed by atoms with Crippen molar-refractivity contribution < 1.29 is 13.2 Å². The minimum atomic E-state index is -3.65. The maximum absolute atomic E-state index is 12.3. The molecular weight excluding hydrogens is 495 g/mol. The van der Waals surface area contributed by atoms with Crippen LogP contribution in [0.4, 0.5) is 11.4 Å². The van der Waals surface area contributed by atoms with Gasteiger partial charge in [-0.05, 0) is 69.8 Å². The molecule has 10 heteroatoms. The number of rotatable bonds is 10. The number of sulfonamides is 1. The van der Waals surface area contributed by atoms with Crippen molar-refractivity contribution >= 4 is 50.5 Å². The lowest BCUT2D eigenvalue weighted by atomic mass is 10.1. The summed E-state index contributed by atoms with van der Waals surface area (Å²) in [6.07, 6.45) is 7.81. The molecule has 1 fully saturated rings. The van der Waals surface area contributed by atoms with Crippen molar-refractivity contribution in [3.63, 3.8) is 0 Å². The van der Waals surface area contributed by atoms with E-state index in [4.69, 9.17) is 23.2 Å². The van der Waals surface area contributed by atoms with Gasteiger partial charge in [0, 0.05) is 61.5 Å². The Morgan fingerprint density at radius 2 is 1.85 bits per heavy atom. The Kier molecular flexibility index (Phi) is 11.6. The van der Waals surface area contributed by atoms with Crippen molar-refractivity contribution in [3.05, 3.63) is 58.5 Å². The molecule has 7 nitrogen and oxygen atoms in total. The van der Waals surface area contributed by atoms with Crippen LogP contribution in [-0.2, 0) is 14.8 Å². The van der Waals surface area contributed by atoms with Crippen LogP contribution >= 0.6 is 23.2 Å². The lowest BCUT2D eigenvalue weighted by molar-refractivity contribution is -0.116. The second-order valence-electron chi connectivity index (χ2n) is 8.43. The highest BCUT2D eigenvalue weighted by molar-refractivity contribution is 7.92. The van der Waals surface area contributed by atoms with E-state index in [0.29, 0.717) is 11.7 Å². The highest BCUT2D eigenvalue weighted by atomic mass is 35.5. The van der Waals surface area contributed by atoms with Gasteiger partial charge in [0.1, 0.15) is 0 Å². The maximum atomic E-state index is 12.3. The van der Waals surface area contributed by atoms with Crippen LogP contribution in [0.3, 0.4) is 0 Å². The van der Waals surface area contributed by atoms with E-state index >= 15 is 0 Å². The molecule has 0 radical (unpaired) electrons. The van der Waals surface area contributed by atoms with E-state index in [1.54, 1.807) is 0 Å². The van der Waals surface area contributed by atoms with Gasteiger partial charge in [-0.25, -0.2) is 12.7 Å². The first kappa shape index (κ1) is 28.4. The molecule has 1 N–H and O–H groups in total. The summed E-state index contributed by atoms with van der Waals surface area (Å²) >= 11 is 11.1. The Bertz CT molecular complexity index is 992. The molecule has 1 aliphatic rings. The maximum Gasteiger partial charge on any atom is 0.235 e. The zero-order valence-corrected chi connectivity index (χ0v) is 22.3. The van der Waals surface area contributed by atoms with Crippen LogP contribution in [0.2, 0.25) is 0 Å². The molecule has 1 unspecified atom stereocenters. The molecule has 0 bridgehead atoms. The molecule has 0 saturated carbocycles. The Balaban J connectivity index is 1.83. The summed E-state index contributed by atoms with van der Waals surface area (Å²) in [4.78, 5) is 17.0. The molecule has 1 aliphatic heterocycles. The zero-order chi connectivity index (χ0) is 25.1. The summed E-state index contributed by atoms with van der Waals surface area (Å²) in [6.45, 7) is 2.09. The van der Waals surface area contributed by atoms with Crippen molar-refractivity contribution in [2.75, 3.05) is 51.0 Å². The molecule has 1 heterocycles. The predicted octanol–water partition coefficient (Wildman–Crippen LogP) is 4.59. The third kappa shape index (κ3) is 9.43. The number of halogens is 2. The quantitative estimate of drug-likeness (QED) is 0.449. The third-order valence-electron chi connectivity index (χ3n) is 5.75. The second-order valence-corrected chi connectivity index (χ2v) is 11.0. The van der Waals surface area contributed by atoms with E-state index < -0.39 is 10.0 Å². The Labute approximate surface area is 213 Å². The number of carbonyl (C=O) groups is 1. The number of hydrogen-bond acceptors (Lipinski definition) is 5. The standard InChI is InChI=1S/C24H34Cl2N4O3S/c1-28(2)22-8-6-15-30(17-13-22)23-11-9-21(10-12-23)27-24(31)14-16-29(3)34(32,33)18-5-4-7-20(26)19-25/h4-5,7,9-12,18-19,22H,6,8,13-17H2,1-3H3,(H,27,31)/b7-4-,18-5+,20-19-. The molecule has 188 valence electrons. The van der Waals surface area contributed by atoms with Gasteiger partial charge in [0.05, 0.1) is 5.03 Å². The van der Waals surface area contributed by atoms with Gasteiger partial charge in [0.25, 0.3) is 0 Å². The van der Waals surface area contributed by atoms with Gasteiger partial charge in [-0.15, -0.1) is 0 Å². The number of hydrogen-bond donors (Lipinski definition) is 1. The van der Waals surface area contributed by atoms with Crippen molar-refractivity contribution in [2.45, 2.75) is 31.7 Å². The van der Waals surface area contributed by atoms with Gasteiger partial charge in [-0.1, -0.05) is 29.3 Å². The number of benzene rings is 1. The Morgan fingerprint density at radius 3 is 2.50 bits per heavy atom. The topological polar surface area (TPSA) is 73.0 Å². The number of carbonyl (C=O) groups excluding carboxylic acids is 1. The molecule has 1 aromatic carbocycles. The second kappa shape index (κ2) is 13.9. The molecule has 0 aliphatic carbocycles. The normalized spacial score (nSPS) is 18.3.